The summed E-state index contributed by atoms with van der Waals surface area (Å²) < 4.78 is 0. The highest BCUT2D eigenvalue weighted by molar-refractivity contribution is 5.97. The van der Waals surface area contributed by atoms with E-state index in [1.54, 1.807) is 0 Å². The molecule has 0 heterocycles. The van der Waals surface area contributed by atoms with Gasteiger partial charge in [0.15, 0.2) is 0 Å². The number of benzene rings is 2. The van der Waals surface area contributed by atoms with Gasteiger partial charge in [-0.1, -0.05) is 37.1 Å². The van der Waals surface area contributed by atoms with Crippen LogP contribution < -0.4 is 10.6 Å². The van der Waals surface area contributed by atoms with E-state index in [1.807, 2.05) is 13.0 Å². The number of anilines is 1. The van der Waals surface area contributed by atoms with Gasteiger partial charge >= 0.3 is 0 Å². The van der Waals surface area contributed by atoms with Gasteiger partial charge in [-0.05, 0) is 92.5 Å². The Hall–Kier alpha value is -2.55. The van der Waals surface area contributed by atoms with Gasteiger partial charge in [0.1, 0.15) is 0 Å². The topological polar surface area (TPSA) is 41.1 Å². The molecule has 1 amide bonds. The standard InChI is InChI=1S/C26H32N2O/c1-17-16-25(20-8-10-23(11-9-20)27-22-6-4-5-7-22)18(2)14-21(17)15-19(3)26(29)28-24-12-13-24/h8-11,14-16,22,24,27H,4-7,12-13H2,1-3H3,(H,28,29)/b19-15+. The summed E-state index contributed by atoms with van der Waals surface area (Å²) >= 11 is 0. The molecule has 0 aromatic heterocycles. The Morgan fingerprint density at radius 2 is 1.62 bits per heavy atom. The Morgan fingerprint density at radius 1 is 0.931 bits per heavy atom. The maximum Gasteiger partial charge on any atom is 0.247 e. The first kappa shape index (κ1) is 19.8. The molecule has 2 N–H and O–H groups in total. The number of nitrogens with one attached hydrogen (secondary N) is 2. The second-order valence-corrected chi connectivity index (χ2v) is 8.80. The number of hydrogen-bond donors (Lipinski definition) is 2. The molecular formula is C26H32N2O. The van der Waals surface area contributed by atoms with E-state index in [1.165, 1.54) is 53.6 Å². The molecule has 0 radical (unpaired) electrons. The van der Waals surface area contributed by atoms with Crippen LogP contribution in [-0.4, -0.2) is 18.0 Å². The van der Waals surface area contributed by atoms with E-state index >= 15 is 0 Å². The van der Waals surface area contributed by atoms with Gasteiger partial charge in [0.05, 0.1) is 0 Å². The first-order valence-electron chi connectivity index (χ1n) is 11.0. The normalized spacial score (nSPS) is 17.4. The molecule has 3 heteroatoms. The number of carbonyl (C=O) groups excluding carboxylic acids is 1. The highest BCUT2D eigenvalue weighted by Crippen LogP contribution is 2.30. The number of carbonyl (C=O) groups is 1. The van der Waals surface area contributed by atoms with E-state index in [0.29, 0.717) is 12.1 Å². The Balaban J connectivity index is 1.51. The monoisotopic (exact) mass is 388 g/mol. The van der Waals surface area contributed by atoms with Crippen molar-refractivity contribution in [2.45, 2.75) is 71.4 Å². The molecule has 29 heavy (non-hydrogen) atoms. The maximum absolute atomic E-state index is 12.3. The molecule has 4 rings (SSSR count). The van der Waals surface area contributed by atoms with Gasteiger partial charge in [0.2, 0.25) is 5.91 Å². The summed E-state index contributed by atoms with van der Waals surface area (Å²) in [5, 5.41) is 6.72. The first-order chi connectivity index (χ1) is 14.0. The lowest BCUT2D eigenvalue weighted by atomic mass is 9.94. The van der Waals surface area contributed by atoms with Crippen molar-refractivity contribution in [1.29, 1.82) is 0 Å². The highest BCUT2D eigenvalue weighted by Gasteiger charge is 2.23. The first-order valence-corrected chi connectivity index (χ1v) is 11.0. The van der Waals surface area contributed by atoms with E-state index in [2.05, 4.69) is 60.9 Å². The largest absolute Gasteiger partial charge is 0.382 e. The van der Waals surface area contributed by atoms with Crippen LogP contribution in [0.4, 0.5) is 5.69 Å². The zero-order valence-electron chi connectivity index (χ0n) is 17.8. The van der Waals surface area contributed by atoms with Crippen molar-refractivity contribution in [1.82, 2.24) is 5.32 Å². The third-order valence-electron chi connectivity index (χ3n) is 6.18. The minimum absolute atomic E-state index is 0.0546. The molecule has 2 aromatic carbocycles. The minimum atomic E-state index is 0.0546. The van der Waals surface area contributed by atoms with Crippen LogP contribution in [0.25, 0.3) is 17.2 Å². The summed E-state index contributed by atoms with van der Waals surface area (Å²) in [7, 11) is 0. The lowest BCUT2D eigenvalue weighted by Crippen LogP contribution is -2.25. The van der Waals surface area contributed by atoms with Crippen molar-refractivity contribution < 1.29 is 4.79 Å². The van der Waals surface area contributed by atoms with Crippen LogP contribution in [0.5, 0.6) is 0 Å². The molecule has 0 unspecified atom stereocenters. The van der Waals surface area contributed by atoms with E-state index in [-0.39, 0.29) is 5.91 Å². The van der Waals surface area contributed by atoms with Crippen LogP contribution in [0.2, 0.25) is 0 Å². The van der Waals surface area contributed by atoms with E-state index in [9.17, 15) is 4.79 Å². The summed E-state index contributed by atoms with van der Waals surface area (Å²) in [5.41, 5.74) is 8.02. The fourth-order valence-corrected chi connectivity index (χ4v) is 4.18. The Labute approximate surface area is 174 Å². The van der Waals surface area contributed by atoms with Crippen LogP contribution in [0.3, 0.4) is 0 Å². The second kappa shape index (κ2) is 8.44. The summed E-state index contributed by atoms with van der Waals surface area (Å²) in [5.74, 6) is 0.0546. The summed E-state index contributed by atoms with van der Waals surface area (Å²) in [6, 6.07) is 14.3. The van der Waals surface area contributed by atoms with E-state index in [4.69, 9.17) is 0 Å². The third-order valence-corrected chi connectivity index (χ3v) is 6.18. The van der Waals surface area contributed by atoms with Gasteiger partial charge in [-0.15, -0.1) is 0 Å². The van der Waals surface area contributed by atoms with E-state index < -0.39 is 0 Å². The average Bonchev–Trinajstić information content (AvgIpc) is 3.37. The van der Waals surface area contributed by atoms with Gasteiger partial charge in [-0.3, -0.25) is 4.79 Å². The van der Waals surface area contributed by atoms with Crippen LogP contribution in [-0.2, 0) is 4.79 Å². The molecule has 0 bridgehead atoms. The predicted molar refractivity (Wildman–Crippen MR) is 122 cm³/mol. The quantitative estimate of drug-likeness (QED) is 0.595. The van der Waals surface area contributed by atoms with Crippen LogP contribution in [0, 0.1) is 13.8 Å². The molecule has 2 aliphatic rings. The Bertz CT molecular complexity index is 916. The van der Waals surface area contributed by atoms with Gasteiger partial charge < -0.3 is 10.6 Å². The van der Waals surface area contributed by atoms with Crippen molar-refractivity contribution >= 4 is 17.7 Å². The number of amides is 1. The van der Waals surface area contributed by atoms with Crippen molar-refractivity contribution in [2.24, 2.45) is 0 Å². The van der Waals surface area contributed by atoms with Crippen molar-refractivity contribution in [3.05, 3.63) is 58.7 Å². The molecule has 0 aliphatic heterocycles. The summed E-state index contributed by atoms with van der Waals surface area (Å²) in [4.78, 5) is 12.3. The second-order valence-electron chi connectivity index (χ2n) is 8.80. The van der Waals surface area contributed by atoms with Crippen LogP contribution in [0.15, 0.2) is 42.0 Å². The fraction of sp³-hybridized carbons (Fsp3) is 0.423. The molecule has 152 valence electrons. The Morgan fingerprint density at radius 3 is 2.28 bits per heavy atom. The lowest BCUT2D eigenvalue weighted by Gasteiger charge is -2.15. The minimum Gasteiger partial charge on any atom is -0.382 e. The SMILES string of the molecule is C/C(=C\c1cc(C)c(-c2ccc(NC3CCCC3)cc2)cc1C)C(=O)NC1CC1. The third kappa shape index (κ3) is 4.90. The maximum atomic E-state index is 12.3. The Kier molecular flexibility index (Phi) is 5.75. The highest BCUT2D eigenvalue weighted by atomic mass is 16.1. The molecule has 2 aliphatic carbocycles. The molecule has 2 aromatic rings. The lowest BCUT2D eigenvalue weighted by molar-refractivity contribution is -0.117. The number of rotatable bonds is 6. The predicted octanol–water partition coefficient (Wildman–Crippen LogP) is 6.01. The zero-order chi connectivity index (χ0) is 20.4. The molecule has 0 atom stereocenters. The molecular weight excluding hydrogens is 356 g/mol. The number of hydrogen-bond acceptors (Lipinski definition) is 2. The molecule has 3 nitrogen and oxygen atoms in total. The molecule has 2 saturated carbocycles. The van der Waals surface area contributed by atoms with Gasteiger partial charge in [-0.2, -0.15) is 0 Å². The fourth-order valence-electron chi connectivity index (χ4n) is 4.18. The van der Waals surface area contributed by atoms with E-state index in [0.717, 1.165) is 24.0 Å². The van der Waals surface area contributed by atoms with Crippen molar-refractivity contribution in [3.8, 4) is 11.1 Å². The van der Waals surface area contributed by atoms with Crippen molar-refractivity contribution in [2.75, 3.05) is 5.32 Å². The summed E-state index contributed by atoms with van der Waals surface area (Å²) in [6.07, 6.45) is 9.49. The van der Waals surface area contributed by atoms with Gasteiger partial charge in [-0.25, -0.2) is 0 Å². The van der Waals surface area contributed by atoms with Gasteiger partial charge in [0.25, 0.3) is 0 Å². The number of aryl methyl sites for hydroxylation is 2. The average molecular weight is 389 g/mol. The molecule has 0 saturated heterocycles. The zero-order valence-corrected chi connectivity index (χ0v) is 17.8. The smallest absolute Gasteiger partial charge is 0.247 e. The van der Waals surface area contributed by atoms with Crippen molar-refractivity contribution in [3.63, 3.8) is 0 Å². The molecule has 0 spiro atoms. The van der Waals surface area contributed by atoms with Crippen LogP contribution >= 0.6 is 0 Å². The van der Waals surface area contributed by atoms with Crippen LogP contribution in [0.1, 0.15) is 62.1 Å². The summed E-state index contributed by atoms with van der Waals surface area (Å²) in [6.45, 7) is 6.17. The molecule has 2 fully saturated rings. The van der Waals surface area contributed by atoms with Gasteiger partial charge in [0, 0.05) is 23.3 Å².